The van der Waals surface area contributed by atoms with Crippen molar-refractivity contribution < 1.29 is 9.84 Å². The van der Waals surface area contributed by atoms with E-state index >= 15 is 0 Å². The second kappa shape index (κ2) is 11.7. The first-order valence-corrected chi connectivity index (χ1v) is 11.6. The van der Waals surface area contributed by atoms with E-state index in [9.17, 15) is 5.11 Å². The number of aliphatic hydroxyl groups excluding tert-OH is 1. The molecule has 0 radical (unpaired) electrons. The van der Waals surface area contributed by atoms with Gasteiger partial charge >= 0.3 is 0 Å². The zero-order valence-electron chi connectivity index (χ0n) is 19.0. The highest BCUT2D eigenvalue weighted by Crippen LogP contribution is 2.25. The van der Waals surface area contributed by atoms with Crippen LogP contribution in [-0.2, 0) is 11.3 Å². The van der Waals surface area contributed by atoms with Crippen LogP contribution in [0.1, 0.15) is 39.2 Å². The zero-order valence-corrected chi connectivity index (χ0v) is 19.0. The average Bonchev–Trinajstić information content (AvgIpc) is 3.17. The van der Waals surface area contributed by atoms with E-state index in [1.807, 2.05) is 0 Å². The van der Waals surface area contributed by atoms with Crippen LogP contribution in [0.4, 0.5) is 0 Å². The molecule has 3 atom stereocenters. The number of fused-ring (bicyclic) bond motifs is 1. The van der Waals surface area contributed by atoms with Crippen molar-refractivity contribution in [1.29, 1.82) is 0 Å². The van der Waals surface area contributed by atoms with Crippen molar-refractivity contribution in [2.75, 3.05) is 45.9 Å². The molecule has 0 spiro atoms. The van der Waals surface area contributed by atoms with E-state index in [-0.39, 0.29) is 12.7 Å². The molecule has 3 rings (SSSR count). The third-order valence-electron chi connectivity index (χ3n) is 6.12. The van der Waals surface area contributed by atoms with Crippen molar-refractivity contribution in [2.45, 2.75) is 52.3 Å². The predicted molar refractivity (Wildman–Crippen MR) is 123 cm³/mol. The molecule has 6 heteroatoms. The molecule has 30 heavy (non-hydrogen) atoms. The highest BCUT2D eigenvalue weighted by atomic mass is 16.5. The third-order valence-corrected chi connectivity index (χ3v) is 6.12. The van der Waals surface area contributed by atoms with Crippen molar-refractivity contribution >= 4 is 5.96 Å². The van der Waals surface area contributed by atoms with Crippen molar-refractivity contribution in [1.82, 2.24) is 15.1 Å². The van der Waals surface area contributed by atoms with E-state index in [0.717, 1.165) is 64.7 Å². The number of aliphatic hydroxyl groups is 1. The number of nitrogens with zero attached hydrogens (tertiary/aromatic N) is 3. The Morgan fingerprint density at radius 3 is 2.77 bits per heavy atom. The Morgan fingerprint density at radius 1 is 1.27 bits per heavy atom. The van der Waals surface area contributed by atoms with Crippen LogP contribution in [0.5, 0.6) is 0 Å². The molecule has 6 nitrogen and oxygen atoms in total. The van der Waals surface area contributed by atoms with Crippen LogP contribution in [0.2, 0.25) is 0 Å². The molecular formula is C24H40N4O2. The lowest BCUT2D eigenvalue weighted by molar-refractivity contribution is -0.0502. The number of aliphatic imine (C=N–C) groups is 1. The molecule has 0 amide bonds. The number of nitrogens with one attached hydrogen (secondary N) is 1. The second-order valence-electron chi connectivity index (χ2n) is 9.04. The summed E-state index contributed by atoms with van der Waals surface area (Å²) in [6.45, 7) is 13.0. The first kappa shape index (κ1) is 23.0. The summed E-state index contributed by atoms with van der Waals surface area (Å²) in [4.78, 5) is 9.92. The van der Waals surface area contributed by atoms with Crippen molar-refractivity contribution in [3.05, 3.63) is 35.9 Å². The Kier molecular flexibility index (Phi) is 8.97. The summed E-state index contributed by atoms with van der Waals surface area (Å²) in [6, 6.07) is 11.1. The molecule has 2 fully saturated rings. The van der Waals surface area contributed by atoms with E-state index < -0.39 is 0 Å². The van der Waals surface area contributed by atoms with E-state index in [1.165, 1.54) is 5.56 Å². The average molecular weight is 417 g/mol. The van der Waals surface area contributed by atoms with E-state index in [4.69, 9.17) is 9.73 Å². The van der Waals surface area contributed by atoms with Gasteiger partial charge in [0.1, 0.15) is 0 Å². The fraction of sp³-hybridized carbons (Fsp3) is 0.708. The Bertz CT molecular complexity index is 652. The van der Waals surface area contributed by atoms with Crippen LogP contribution in [0.3, 0.4) is 0 Å². The predicted octanol–water partition coefficient (Wildman–Crippen LogP) is 2.58. The maximum absolute atomic E-state index is 9.42. The lowest BCUT2D eigenvalue weighted by Gasteiger charge is -2.36. The van der Waals surface area contributed by atoms with Gasteiger partial charge in [-0.2, -0.15) is 0 Å². The highest BCUT2D eigenvalue weighted by molar-refractivity contribution is 5.80. The van der Waals surface area contributed by atoms with Crippen molar-refractivity contribution in [3.8, 4) is 0 Å². The normalized spacial score (nSPS) is 23.6. The van der Waals surface area contributed by atoms with Crippen LogP contribution in [0.25, 0.3) is 0 Å². The van der Waals surface area contributed by atoms with Crippen LogP contribution >= 0.6 is 0 Å². The number of benzene rings is 1. The van der Waals surface area contributed by atoms with Gasteiger partial charge in [-0.1, -0.05) is 44.2 Å². The molecule has 0 bridgehead atoms. The largest absolute Gasteiger partial charge is 0.396 e. The summed E-state index contributed by atoms with van der Waals surface area (Å²) in [5.74, 6) is 2.04. The lowest BCUT2D eigenvalue weighted by Crippen LogP contribution is -2.50. The first-order chi connectivity index (χ1) is 14.6. The molecule has 0 aromatic heterocycles. The number of hydrogen-bond acceptors (Lipinski definition) is 4. The molecule has 2 aliphatic rings. The first-order valence-electron chi connectivity index (χ1n) is 11.6. The number of guanidine groups is 1. The minimum atomic E-state index is 0.232. The molecule has 168 valence electrons. The van der Waals surface area contributed by atoms with Crippen LogP contribution in [0.15, 0.2) is 35.3 Å². The summed E-state index contributed by atoms with van der Waals surface area (Å²) in [6.07, 6.45) is 2.15. The fourth-order valence-corrected chi connectivity index (χ4v) is 4.72. The molecule has 0 aliphatic carbocycles. The maximum atomic E-state index is 9.42. The minimum absolute atomic E-state index is 0.232. The summed E-state index contributed by atoms with van der Waals surface area (Å²) >= 11 is 0. The van der Waals surface area contributed by atoms with Gasteiger partial charge in [-0.15, -0.1) is 0 Å². The monoisotopic (exact) mass is 416 g/mol. The molecule has 2 N–H and O–H groups in total. The molecule has 2 heterocycles. The number of ether oxygens (including phenoxy) is 1. The van der Waals surface area contributed by atoms with Crippen LogP contribution < -0.4 is 5.32 Å². The quantitative estimate of drug-likeness (QED) is 0.479. The standard InChI is InChI=1S/C24H40N4O2/c1-4-25-24(26-15-21(10-12-29)14-19(2)3)28-17-22-23(18-28)30-13-11-27(22)16-20-8-6-5-7-9-20/h5-9,19,21-23,29H,4,10-18H2,1-3H3,(H,25,26). The van der Waals surface area contributed by atoms with Crippen molar-refractivity contribution in [2.24, 2.45) is 16.8 Å². The summed E-state index contributed by atoms with van der Waals surface area (Å²) in [7, 11) is 0. The van der Waals surface area contributed by atoms with Gasteiger partial charge in [-0.05, 0) is 37.2 Å². The van der Waals surface area contributed by atoms with Crippen LogP contribution in [-0.4, -0.2) is 78.9 Å². The van der Waals surface area contributed by atoms with Gasteiger partial charge in [0.25, 0.3) is 0 Å². The molecule has 2 saturated heterocycles. The minimum Gasteiger partial charge on any atom is -0.396 e. The summed E-state index contributed by atoms with van der Waals surface area (Å²) in [5.41, 5.74) is 1.36. The van der Waals surface area contributed by atoms with Gasteiger partial charge in [0.15, 0.2) is 5.96 Å². The van der Waals surface area contributed by atoms with Crippen LogP contribution in [0, 0.1) is 11.8 Å². The zero-order chi connectivity index (χ0) is 21.3. The van der Waals surface area contributed by atoms with Gasteiger partial charge in [0, 0.05) is 45.9 Å². The molecule has 3 unspecified atom stereocenters. The molecular weight excluding hydrogens is 376 g/mol. The lowest BCUT2D eigenvalue weighted by atomic mass is 9.94. The number of morpholine rings is 1. The SMILES string of the molecule is CCNC(=NCC(CCO)CC(C)C)N1CC2OCCN(Cc3ccccc3)C2C1. The van der Waals surface area contributed by atoms with Crippen molar-refractivity contribution in [3.63, 3.8) is 0 Å². The smallest absolute Gasteiger partial charge is 0.194 e. The number of hydrogen-bond donors (Lipinski definition) is 2. The van der Waals surface area contributed by atoms with Gasteiger partial charge in [-0.25, -0.2) is 0 Å². The van der Waals surface area contributed by atoms with Gasteiger partial charge in [0.05, 0.1) is 18.8 Å². The van der Waals surface area contributed by atoms with Gasteiger partial charge < -0.3 is 20.1 Å². The maximum Gasteiger partial charge on any atom is 0.194 e. The Hall–Kier alpha value is -1.63. The summed E-state index contributed by atoms with van der Waals surface area (Å²) in [5, 5.41) is 12.9. The third kappa shape index (κ3) is 6.43. The van der Waals surface area contributed by atoms with E-state index in [1.54, 1.807) is 0 Å². The highest BCUT2D eigenvalue weighted by Gasteiger charge is 2.41. The second-order valence-corrected chi connectivity index (χ2v) is 9.04. The summed E-state index contributed by atoms with van der Waals surface area (Å²) < 4.78 is 6.15. The Morgan fingerprint density at radius 2 is 2.07 bits per heavy atom. The topological polar surface area (TPSA) is 60.3 Å². The molecule has 0 saturated carbocycles. The molecule has 1 aromatic rings. The number of likely N-dealkylation sites (tertiary alicyclic amines) is 1. The van der Waals surface area contributed by atoms with E-state index in [2.05, 4.69) is 66.2 Å². The molecule has 1 aromatic carbocycles. The van der Waals surface area contributed by atoms with E-state index in [0.29, 0.717) is 17.9 Å². The Balaban J connectivity index is 1.66. The molecule has 2 aliphatic heterocycles. The number of rotatable bonds is 9. The van der Waals surface area contributed by atoms with Gasteiger partial charge in [-0.3, -0.25) is 9.89 Å². The van der Waals surface area contributed by atoms with Gasteiger partial charge in [0.2, 0.25) is 0 Å². The Labute approximate surface area is 182 Å². The fourth-order valence-electron chi connectivity index (χ4n) is 4.72.